The Kier molecular flexibility index (Phi) is 6.04. The molecular weight excluding hydrogens is 310 g/mol. The van der Waals surface area contributed by atoms with Gasteiger partial charge in [0.2, 0.25) is 10.0 Å². The number of nitrogen functional groups attached to an aromatic ring is 1. The van der Waals surface area contributed by atoms with Crippen LogP contribution in [-0.2, 0) is 10.0 Å². The van der Waals surface area contributed by atoms with E-state index in [1.54, 1.807) is 13.0 Å². The largest absolute Gasteiger partial charge is 0.397 e. The van der Waals surface area contributed by atoms with E-state index in [9.17, 15) is 8.42 Å². The maximum atomic E-state index is 12.6. The van der Waals surface area contributed by atoms with Crippen molar-refractivity contribution in [1.29, 1.82) is 0 Å². The molecule has 1 unspecified atom stereocenters. The topological polar surface area (TPSA) is 75.4 Å². The van der Waals surface area contributed by atoms with Gasteiger partial charge in [-0.2, -0.15) is 0 Å². The monoisotopic (exact) mass is 333 g/mol. The zero-order valence-corrected chi connectivity index (χ0v) is 14.7. The zero-order valence-electron chi connectivity index (χ0n) is 13.1. The summed E-state index contributed by atoms with van der Waals surface area (Å²) in [5, 5.41) is 0.361. The summed E-state index contributed by atoms with van der Waals surface area (Å²) in [6.07, 6.45) is 0. The number of rotatable bonds is 6. The SMILES string of the molecule is Cc1cc(Cl)c(N)cc1S(=O)(=O)NC(CN(C)C)C(C)C. The first-order chi connectivity index (χ1) is 9.54. The number of nitrogens with zero attached hydrogens (tertiary/aromatic N) is 1. The number of hydrogen-bond acceptors (Lipinski definition) is 4. The lowest BCUT2D eigenvalue weighted by molar-refractivity contribution is 0.314. The van der Waals surface area contributed by atoms with Gasteiger partial charge in [-0.05, 0) is 44.6 Å². The van der Waals surface area contributed by atoms with Crippen LogP contribution in [0.4, 0.5) is 5.69 Å². The van der Waals surface area contributed by atoms with E-state index in [0.29, 0.717) is 17.1 Å². The summed E-state index contributed by atoms with van der Waals surface area (Å²) >= 11 is 5.91. The second kappa shape index (κ2) is 6.96. The van der Waals surface area contributed by atoms with Crippen LogP contribution in [0.15, 0.2) is 17.0 Å². The zero-order chi connectivity index (χ0) is 16.4. The molecule has 0 radical (unpaired) electrons. The molecule has 0 saturated heterocycles. The number of benzene rings is 1. The van der Waals surface area contributed by atoms with Gasteiger partial charge < -0.3 is 10.6 Å². The molecule has 0 heterocycles. The highest BCUT2D eigenvalue weighted by Gasteiger charge is 2.25. The number of sulfonamides is 1. The van der Waals surface area contributed by atoms with E-state index in [2.05, 4.69) is 4.72 Å². The average Bonchev–Trinajstić information content (AvgIpc) is 2.31. The van der Waals surface area contributed by atoms with Crippen LogP contribution in [0.2, 0.25) is 5.02 Å². The first-order valence-electron chi connectivity index (χ1n) is 6.77. The van der Waals surface area contributed by atoms with Gasteiger partial charge in [-0.3, -0.25) is 0 Å². The predicted molar refractivity (Wildman–Crippen MR) is 88.1 cm³/mol. The van der Waals surface area contributed by atoms with Gasteiger partial charge in [-0.15, -0.1) is 0 Å². The van der Waals surface area contributed by atoms with E-state index in [0.717, 1.165) is 0 Å². The van der Waals surface area contributed by atoms with Crippen LogP contribution in [0.5, 0.6) is 0 Å². The molecule has 1 atom stereocenters. The van der Waals surface area contributed by atoms with Crippen LogP contribution in [0, 0.1) is 12.8 Å². The Labute approximate surface area is 132 Å². The molecule has 0 bridgehead atoms. The Balaban J connectivity index is 3.13. The van der Waals surface area contributed by atoms with Crippen molar-refractivity contribution in [2.75, 3.05) is 26.4 Å². The number of hydrogen-bond donors (Lipinski definition) is 2. The molecule has 120 valence electrons. The predicted octanol–water partition coefficient (Wildman–Crippen LogP) is 2.10. The highest BCUT2D eigenvalue weighted by molar-refractivity contribution is 7.89. The fourth-order valence-electron chi connectivity index (χ4n) is 2.00. The van der Waals surface area contributed by atoms with Gasteiger partial charge in [0, 0.05) is 12.6 Å². The minimum absolute atomic E-state index is 0.173. The van der Waals surface area contributed by atoms with Crippen molar-refractivity contribution in [2.45, 2.75) is 31.7 Å². The van der Waals surface area contributed by atoms with Crippen LogP contribution in [0.1, 0.15) is 19.4 Å². The van der Waals surface area contributed by atoms with E-state index in [4.69, 9.17) is 17.3 Å². The molecule has 0 spiro atoms. The van der Waals surface area contributed by atoms with Gasteiger partial charge in [0.05, 0.1) is 15.6 Å². The van der Waals surface area contributed by atoms with Crippen molar-refractivity contribution in [3.05, 3.63) is 22.7 Å². The van der Waals surface area contributed by atoms with E-state index < -0.39 is 10.0 Å². The molecule has 7 heteroatoms. The summed E-state index contributed by atoms with van der Waals surface area (Å²) in [4.78, 5) is 2.13. The lowest BCUT2D eigenvalue weighted by Crippen LogP contribution is -2.45. The number of nitrogens with two attached hydrogens (primary N) is 1. The normalized spacial score (nSPS) is 13.9. The van der Waals surface area contributed by atoms with Crippen molar-refractivity contribution < 1.29 is 8.42 Å². The fourth-order valence-corrected chi connectivity index (χ4v) is 3.85. The van der Waals surface area contributed by atoms with Crippen LogP contribution in [0.25, 0.3) is 0 Å². The highest BCUT2D eigenvalue weighted by Crippen LogP contribution is 2.26. The van der Waals surface area contributed by atoms with Crippen molar-refractivity contribution >= 4 is 27.3 Å². The van der Waals surface area contributed by atoms with E-state index in [1.165, 1.54) is 6.07 Å². The molecule has 0 aliphatic heterocycles. The van der Waals surface area contributed by atoms with Gasteiger partial charge in [-0.25, -0.2) is 13.1 Å². The Morgan fingerprint density at radius 2 is 1.90 bits per heavy atom. The van der Waals surface area contributed by atoms with Crippen LogP contribution >= 0.6 is 11.6 Å². The van der Waals surface area contributed by atoms with E-state index in [1.807, 2.05) is 32.8 Å². The van der Waals surface area contributed by atoms with Crippen LogP contribution < -0.4 is 10.5 Å². The molecule has 21 heavy (non-hydrogen) atoms. The number of aryl methyl sites for hydroxylation is 1. The Hall–Kier alpha value is -0.820. The molecule has 3 N–H and O–H groups in total. The Bertz CT molecular complexity index is 600. The molecule has 0 saturated carbocycles. The molecule has 0 amide bonds. The molecule has 1 aromatic rings. The number of nitrogens with one attached hydrogen (secondary N) is 1. The highest BCUT2D eigenvalue weighted by atomic mass is 35.5. The molecule has 0 aromatic heterocycles. The Morgan fingerprint density at radius 1 is 1.33 bits per heavy atom. The average molecular weight is 334 g/mol. The van der Waals surface area contributed by atoms with Crippen LogP contribution in [0.3, 0.4) is 0 Å². The molecule has 1 aromatic carbocycles. The summed E-state index contributed by atoms with van der Waals surface area (Å²) in [5.74, 6) is 0.173. The molecule has 0 fully saturated rings. The summed E-state index contributed by atoms with van der Waals surface area (Å²) in [6, 6.07) is 2.80. The van der Waals surface area contributed by atoms with Crippen molar-refractivity contribution in [3.8, 4) is 0 Å². The van der Waals surface area contributed by atoms with Gasteiger partial charge in [0.1, 0.15) is 0 Å². The third-order valence-electron chi connectivity index (χ3n) is 3.26. The standard InChI is InChI=1S/C14H24ClN3O2S/c1-9(2)13(8-18(4)5)17-21(19,20)14-7-12(16)11(15)6-10(14)3/h6-7,9,13,17H,8,16H2,1-5H3. The maximum absolute atomic E-state index is 12.6. The summed E-state index contributed by atoms with van der Waals surface area (Å²) < 4.78 is 27.9. The lowest BCUT2D eigenvalue weighted by atomic mass is 10.1. The number of anilines is 1. The minimum Gasteiger partial charge on any atom is -0.397 e. The maximum Gasteiger partial charge on any atom is 0.241 e. The smallest absolute Gasteiger partial charge is 0.241 e. The second-order valence-electron chi connectivity index (χ2n) is 5.87. The summed E-state index contributed by atoms with van der Waals surface area (Å²) in [6.45, 7) is 6.30. The molecule has 0 aliphatic carbocycles. The fraction of sp³-hybridized carbons (Fsp3) is 0.571. The third-order valence-corrected chi connectivity index (χ3v) is 5.22. The lowest BCUT2D eigenvalue weighted by Gasteiger charge is -2.25. The van der Waals surface area contributed by atoms with Crippen LogP contribution in [-0.4, -0.2) is 40.0 Å². The molecule has 0 aliphatic rings. The van der Waals surface area contributed by atoms with Gasteiger partial charge >= 0.3 is 0 Å². The summed E-state index contributed by atoms with van der Waals surface area (Å²) in [5.41, 5.74) is 6.56. The molecule has 1 rings (SSSR count). The summed E-state index contributed by atoms with van der Waals surface area (Å²) in [7, 11) is 0.188. The first kappa shape index (κ1) is 18.2. The van der Waals surface area contributed by atoms with Crippen molar-refractivity contribution in [2.24, 2.45) is 5.92 Å². The van der Waals surface area contributed by atoms with Gasteiger partial charge in [0.25, 0.3) is 0 Å². The quantitative estimate of drug-likeness (QED) is 0.782. The van der Waals surface area contributed by atoms with Crippen molar-refractivity contribution in [1.82, 2.24) is 9.62 Å². The Morgan fingerprint density at radius 3 is 2.38 bits per heavy atom. The molecule has 5 nitrogen and oxygen atoms in total. The minimum atomic E-state index is -3.64. The number of halogens is 1. The third kappa shape index (κ3) is 4.85. The van der Waals surface area contributed by atoms with E-state index >= 15 is 0 Å². The van der Waals surface area contributed by atoms with Crippen molar-refractivity contribution in [3.63, 3.8) is 0 Å². The first-order valence-corrected chi connectivity index (χ1v) is 8.63. The van der Waals surface area contributed by atoms with E-state index in [-0.39, 0.29) is 22.5 Å². The van der Waals surface area contributed by atoms with Gasteiger partial charge in [-0.1, -0.05) is 25.4 Å². The number of likely N-dealkylation sites (N-methyl/N-ethyl adjacent to an activating group) is 1. The van der Waals surface area contributed by atoms with Gasteiger partial charge in [0.15, 0.2) is 0 Å². The molecular formula is C14H24ClN3O2S. The second-order valence-corrected chi connectivity index (χ2v) is 7.96.